The number of thiazole rings is 1. The fourth-order valence-electron chi connectivity index (χ4n) is 1.77. The van der Waals surface area contributed by atoms with Crippen LogP contribution >= 0.6 is 11.3 Å². The van der Waals surface area contributed by atoms with E-state index < -0.39 is 0 Å². The summed E-state index contributed by atoms with van der Waals surface area (Å²) >= 11 is 1.58. The fraction of sp³-hybridized carbons (Fsp3) is 0.250. The SMILES string of the molecule is NC1COc2cc(OCc3nccs3)ccc21. The summed E-state index contributed by atoms with van der Waals surface area (Å²) in [5, 5.41) is 2.90. The summed E-state index contributed by atoms with van der Waals surface area (Å²) in [4.78, 5) is 4.16. The van der Waals surface area contributed by atoms with Gasteiger partial charge in [0.2, 0.25) is 0 Å². The smallest absolute Gasteiger partial charge is 0.140 e. The van der Waals surface area contributed by atoms with E-state index in [4.69, 9.17) is 15.2 Å². The fourth-order valence-corrected chi connectivity index (χ4v) is 2.30. The standard InChI is InChI=1S/C12H12N2O2S/c13-10-6-16-11-5-8(1-2-9(10)11)15-7-12-14-3-4-17-12/h1-5,10H,6-7,13H2. The van der Waals surface area contributed by atoms with Gasteiger partial charge in [0.15, 0.2) is 0 Å². The normalized spacial score (nSPS) is 17.6. The van der Waals surface area contributed by atoms with Gasteiger partial charge in [-0.3, -0.25) is 0 Å². The van der Waals surface area contributed by atoms with Crippen molar-refractivity contribution in [2.45, 2.75) is 12.6 Å². The molecule has 1 aliphatic heterocycles. The van der Waals surface area contributed by atoms with E-state index in [0.717, 1.165) is 22.1 Å². The first-order valence-electron chi connectivity index (χ1n) is 5.36. The highest BCUT2D eigenvalue weighted by molar-refractivity contribution is 7.09. The van der Waals surface area contributed by atoms with Crippen LogP contribution in [-0.4, -0.2) is 11.6 Å². The molecule has 0 amide bonds. The molecule has 2 N–H and O–H groups in total. The second-order valence-corrected chi connectivity index (χ2v) is 4.81. The molecule has 1 unspecified atom stereocenters. The first-order valence-corrected chi connectivity index (χ1v) is 6.24. The maximum atomic E-state index is 5.87. The van der Waals surface area contributed by atoms with E-state index in [1.54, 1.807) is 17.5 Å². The second kappa shape index (κ2) is 4.35. The summed E-state index contributed by atoms with van der Waals surface area (Å²) in [6.07, 6.45) is 1.77. The largest absolute Gasteiger partial charge is 0.491 e. The van der Waals surface area contributed by atoms with Gasteiger partial charge in [-0.15, -0.1) is 11.3 Å². The third-order valence-corrected chi connectivity index (χ3v) is 3.40. The first-order chi connectivity index (χ1) is 8.33. The molecule has 1 aliphatic rings. The third kappa shape index (κ3) is 2.11. The minimum absolute atomic E-state index is 0.0157. The van der Waals surface area contributed by atoms with Crippen LogP contribution in [0.15, 0.2) is 29.8 Å². The van der Waals surface area contributed by atoms with Crippen LogP contribution in [0.4, 0.5) is 0 Å². The van der Waals surface area contributed by atoms with Gasteiger partial charge in [-0.1, -0.05) is 0 Å². The average Bonchev–Trinajstić information content (AvgIpc) is 2.97. The summed E-state index contributed by atoms with van der Waals surface area (Å²) in [5.74, 6) is 1.61. The molecule has 0 radical (unpaired) electrons. The lowest BCUT2D eigenvalue weighted by Gasteiger charge is -2.06. The van der Waals surface area contributed by atoms with E-state index >= 15 is 0 Å². The Morgan fingerprint density at radius 3 is 3.29 bits per heavy atom. The Hall–Kier alpha value is -1.59. The van der Waals surface area contributed by atoms with Gasteiger partial charge in [0.1, 0.15) is 29.7 Å². The molecule has 2 heterocycles. The molecule has 88 valence electrons. The van der Waals surface area contributed by atoms with Crippen molar-refractivity contribution in [3.8, 4) is 11.5 Å². The number of fused-ring (bicyclic) bond motifs is 1. The van der Waals surface area contributed by atoms with E-state index in [-0.39, 0.29) is 6.04 Å². The predicted molar refractivity (Wildman–Crippen MR) is 65.3 cm³/mol. The van der Waals surface area contributed by atoms with Crippen molar-refractivity contribution >= 4 is 11.3 Å². The number of benzene rings is 1. The molecule has 0 bridgehead atoms. The van der Waals surface area contributed by atoms with Crippen molar-refractivity contribution < 1.29 is 9.47 Å². The van der Waals surface area contributed by atoms with E-state index in [2.05, 4.69) is 4.98 Å². The minimum atomic E-state index is -0.0157. The Bertz CT molecular complexity index is 513. The summed E-state index contributed by atoms with van der Waals surface area (Å²) < 4.78 is 11.1. The monoisotopic (exact) mass is 248 g/mol. The van der Waals surface area contributed by atoms with Gasteiger partial charge < -0.3 is 15.2 Å². The van der Waals surface area contributed by atoms with Gasteiger partial charge >= 0.3 is 0 Å². The van der Waals surface area contributed by atoms with Gasteiger partial charge in [-0.2, -0.15) is 0 Å². The van der Waals surface area contributed by atoms with Crippen LogP contribution in [0.3, 0.4) is 0 Å². The maximum absolute atomic E-state index is 5.87. The van der Waals surface area contributed by atoms with E-state index in [9.17, 15) is 0 Å². The van der Waals surface area contributed by atoms with Crippen LogP contribution in [0.5, 0.6) is 11.5 Å². The van der Waals surface area contributed by atoms with Crippen LogP contribution < -0.4 is 15.2 Å². The molecule has 0 aliphatic carbocycles. The quantitative estimate of drug-likeness (QED) is 0.903. The van der Waals surface area contributed by atoms with Crippen molar-refractivity contribution in [2.24, 2.45) is 5.73 Å². The Morgan fingerprint density at radius 1 is 1.53 bits per heavy atom. The molecule has 0 saturated carbocycles. The van der Waals surface area contributed by atoms with Gasteiger partial charge in [0, 0.05) is 23.2 Å². The minimum Gasteiger partial charge on any atom is -0.491 e. The predicted octanol–water partition coefficient (Wildman–Crippen LogP) is 2.11. The molecule has 1 atom stereocenters. The molecular formula is C12H12N2O2S. The van der Waals surface area contributed by atoms with E-state index in [0.29, 0.717) is 13.2 Å². The lowest BCUT2D eigenvalue weighted by atomic mass is 10.1. The number of hydrogen-bond acceptors (Lipinski definition) is 5. The zero-order valence-electron chi connectivity index (χ0n) is 9.13. The van der Waals surface area contributed by atoms with Crippen LogP contribution in [0.2, 0.25) is 0 Å². The van der Waals surface area contributed by atoms with Crippen molar-refractivity contribution in [1.29, 1.82) is 0 Å². The van der Waals surface area contributed by atoms with Gasteiger partial charge in [0.25, 0.3) is 0 Å². The molecule has 5 heteroatoms. The number of nitrogens with zero attached hydrogens (tertiary/aromatic N) is 1. The third-order valence-electron chi connectivity index (χ3n) is 2.65. The molecule has 1 aromatic carbocycles. The summed E-state index contributed by atoms with van der Waals surface area (Å²) in [6.45, 7) is 1.04. The Morgan fingerprint density at radius 2 is 2.47 bits per heavy atom. The molecule has 0 spiro atoms. The maximum Gasteiger partial charge on any atom is 0.140 e. The van der Waals surface area contributed by atoms with Crippen molar-refractivity contribution in [1.82, 2.24) is 4.98 Å². The van der Waals surface area contributed by atoms with Gasteiger partial charge in [-0.05, 0) is 12.1 Å². The lowest BCUT2D eigenvalue weighted by molar-refractivity contribution is 0.300. The van der Waals surface area contributed by atoms with Crippen LogP contribution in [0, 0.1) is 0 Å². The number of hydrogen-bond donors (Lipinski definition) is 1. The zero-order chi connectivity index (χ0) is 11.7. The molecule has 3 rings (SSSR count). The topological polar surface area (TPSA) is 57.4 Å². The number of nitrogens with two attached hydrogens (primary N) is 1. The van der Waals surface area contributed by atoms with E-state index in [1.165, 1.54) is 0 Å². The highest BCUT2D eigenvalue weighted by atomic mass is 32.1. The molecule has 4 nitrogen and oxygen atoms in total. The highest BCUT2D eigenvalue weighted by Gasteiger charge is 2.20. The van der Waals surface area contributed by atoms with Crippen LogP contribution in [0.25, 0.3) is 0 Å². The number of ether oxygens (including phenoxy) is 2. The Kier molecular flexibility index (Phi) is 2.70. The number of rotatable bonds is 3. The molecule has 2 aromatic rings. The first kappa shape index (κ1) is 10.6. The van der Waals surface area contributed by atoms with Crippen molar-refractivity contribution in [2.75, 3.05) is 6.61 Å². The Labute approximate surface area is 103 Å². The second-order valence-electron chi connectivity index (χ2n) is 3.83. The number of aromatic nitrogens is 1. The highest BCUT2D eigenvalue weighted by Crippen LogP contribution is 2.34. The zero-order valence-corrected chi connectivity index (χ0v) is 9.94. The van der Waals surface area contributed by atoms with Crippen LogP contribution in [-0.2, 0) is 6.61 Å². The van der Waals surface area contributed by atoms with E-state index in [1.807, 2.05) is 23.6 Å². The van der Waals surface area contributed by atoms with Gasteiger partial charge in [-0.25, -0.2) is 4.98 Å². The average molecular weight is 248 g/mol. The summed E-state index contributed by atoms with van der Waals surface area (Å²) in [7, 11) is 0. The van der Waals surface area contributed by atoms with Crippen molar-refractivity contribution in [3.63, 3.8) is 0 Å². The van der Waals surface area contributed by atoms with Gasteiger partial charge in [0.05, 0.1) is 6.04 Å². The molecule has 17 heavy (non-hydrogen) atoms. The molecule has 1 aromatic heterocycles. The lowest BCUT2D eigenvalue weighted by Crippen LogP contribution is -2.10. The molecular weight excluding hydrogens is 236 g/mol. The Balaban J connectivity index is 1.72. The van der Waals surface area contributed by atoms with Crippen molar-refractivity contribution in [3.05, 3.63) is 40.3 Å². The molecule has 0 saturated heterocycles. The summed E-state index contributed by atoms with van der Waals surface area (Å²) in [6, 6.07) is 5.75. The molecule has 0 fully saturated rings. The summed E-state index contributed by atoms with van der Waals surface area (Å²) in [5.41, 5.74) is 6.92. The van der Waals surface area contributed by atoms with Crippen LogP contribution in [0.1, 0.15) is 16.6 Å².